The first-order chi connectivity index (χ1) is 12.0. The average Bonchev–Trinajstić information content (AvgIpc) is 2.62. The van der Waals surface area contributed by atoms with Crippen LogP contribution in [0.15, 0.2) is 48.5 Å². The first-order valence-corrected chi connectivity index (χ1v) is 8.68. The first-order valence-electron chi connectivity index (χ1n) is 8.30. The van der Waals surface area contributed by atoms with Crippen molar-refractivity contribution >= 4 is 17.6 Å². The van der Waals surface area contributed by atoms with E-state index in [1.807, 2.05) is 55.5 Å². The molecule has 2 aromatic carbocycles. The molecule has 0 bridgehead atoms. The minimum atomic E-state index is -0.333. The molecule has 0 heterocycles. The molecule has 0 amide bonds. The number of ether oxygens (including phenoxy) is 3. The van der Waals surface area contributed by atoms with Crippen molar-refractivity contribution in [1.82, 2.24) is 0 Å². The molecule has 0 saturated heterocycles. The Morgan fingerprint density at radius 1 is 1.00 bits per heavy atom. The standard InChI is InChI=1S/C20H23ClO4/c1-4-23-20(22)14(2)15(3)25-19-11-9-18(10-12-19)24-13-16-5-7-17(21)8-6-16/h5-12,14-15H,4,13H2,1-3H3. The van der Waals surface area contributed by atoms with Crippen molar-refractivity contribution in [2.75, 3.05) is 6.61 Å². The predicted octanol–water partition coefficient (Wildman–Crippen LogP) is 4.89. The van der Waals surface area contributed by atoms with Gasteiger partial charge in [-0.3, -0.25) is 4.79 Å². The zero-order chi connectivity index (χ0) is 18.2. The molecular weight excluding hydrogens is 340 g/mol. The van der Waals surface area contributed by atoms with Crippen molar-refractivity contribution < 1.29 is 19.0 Å². The van der Waals surface area contributed by atoms with Gasteiger partial charge in [-0.2, -0.15) is 0 Å². The number of carbonyl (C=O) groups is 1. The molecule has 0 aliphatic heterocycles. The molecule has 0 radical (unpaired) electrons. The molecule has 134 valence electrons. The number of carbonyl (C=O) groups excluding carboxylic acids is 1. The third-order valence-electron chi connectivity index (χ3n) is 3.83. The quantitative estimate of drug-likeness (QED) is 0.627. The molecule has 0 spiro atoms. The minimum absolute atomic E-state index is 0.252. The molecule has 4 nitrogen and oxygen atoms in total. The number of hydrogen-bond donors (Lipinski definition) is 0. The van der Waals surface area contributed by atoms with Gasteiger partial charge in [-0.25, -0.2) is 0 Å². The average molecular weight is 363 g/mol. The van der Waals surface area contributed by atoms with E-state index >= 15 is 0 Å². The Hall–Kier alpha value is -2.20. The lowest BCUT2D eigenvalue weighted by Gasteiger charge is -2.20. The highest BCUT2D eigenvalue weighted by Crippen LogP contribution is 2.22. The van der Waals surface area contributed by atoms with Gasteiger partial charge in [0.05, 0.1) is 12.5 Å². The van der Waals surface area contributed by atoms with Crippen LogP contribution in [0, 0.1) is 5.92 Å². The van der Waals surface area contributed by atoms with Gasteiger partial charge < -0.3 is 14.2 Å². The van der Waals surface area contributed by atoms with Gasteiger partial charge in [0.2, 0.25) is 0 Å². The van der Waals surface area contributed by atoms with E-state index in [4.69, 9.17) is 25.8 Å². The van der Waals surface area contributed by atoms with Crippen LogP contribution in [0.3, 0.4) is 0 Å². The van der Waals surface area contributed by atoms with Crippen LogP contribution in [0.25, 0.3) is 0 Å². The van der Waals surface area contributed by atoms with E-state index in [-0.39, 0.29) is 18.0 Å². The summed E-state index contributed by atoms with van der Waals surface area (Å²) in [6, 6.07) is 14.9. The zero-order valence-corrected chi connectivity index (χ0v) is 15.5. The fraction of sp³-hybridized carbons (Fsp3) is 0.350. The van der Waals surface area contributed by atoms with Crippen LogP contribution in [0.4, 0.5) is 0 Å². The van der Waals surface area contributed by atoms with Crippen LogP contribution in [-0.2, 0) is 16.1 Å². The Balaban J connectivity index is 1.86. The highest BCUT2D eigenvalue weighted by atomic mass is 35.5. The summed E-state index contributed by atoms with van der Waals surface area (Å²) in [6.07, 6.45) is -0.278. The molecule has 2 rings (SSSR count). The number of rotatable bonds is 8. The van der Waals surface area contributed by atoms with E-state index in [0.29, 0.717) is 24.0 Å². The minimum Gasteiger partial charge on any atom is -0.490 e. The Morgan fingerprint density at radius 3 is 2.20 bits per heavy atom. The predicted molar refractivity (Wildman–Crippen MR) is 98.1 cm³/mol. The van der Waals surface area contributed by atoms with Crippen LogP contribution in [0.2, 0.25) is 5.02 Å². The number of hydrogen-bond acceptors (Lipinski definition) is 4. The lowest BCUT2D eigenvalue weighted by atomic mass is 10.1. The summed E-state index contributed by atoms with van der Waals surface area (Å²) in [5.74, 6) is 0.842. The van der Waals surface area contributed by atoms with Gasteiger partial charge >= 0.3 is 5.97 Å². The zero-order valence-electron chi connectivity index (χ0n) is 14.7. The maximum atomic E-state index is 11.7. The molecule has 2 atom stereocenters. The molecule has 0 aromatic heterocycles. The van der Waals surface area contributed by atoms with Crippen LogP contribution >= 0.6 is 11.6 Å². The van der Waals surface area contributed by atoms with Crippen molar-refractivity contribution in [2.24, 2.45) is 5.92 Å². The van der Waals surface area contributed by atoms with Gasteiger partial charge in [-0.15, -0.1) is 0 Å². The van der Waals surface area contributed by atoms with Gasteiger partial charge in [0.25, 0.3) is 0 Å². The first kappa shape index (κ1) is 19.1. The maximum absolute atomic E-state index is 11.7. The fourth-order valence-electron chi connectivity index (χ4n) is 2.14. The molecule has 2 aromatic rings. The lowest BCUT2D eigenvalue weighted by Crippen LogP contribution is -2.29. The smallest absolute Gasteiger partial charge is 0.312 e. The van der Waals surface area contributed by atoms with Crippen molar-refractivity contribution in [3.8, 4) is 11.5 Å². The SMILES string of the molecule is CCOC(=O)C(C)C(C)Oc1ccc(OCc2ccc(Cl)cc2)cc1. The summed E-state index contributed by atoms with van der Waals surface area (Å²) in [7, 11) is 0. The molecular formula is C20H23ClO4. The van der Waals surface area contributed by atoms with Crippen LogP contribution in [0.1, 0.15) is 26.3 Å². The maximum Gasteiger partial charge on any atom is 0.312 e. The number of esters is 1. The van der Waals surface area contributed by atoms with Gasteiger partial charge in [0, 0.05) is 5.02 Å². The Kier molecular flexibility index (Phi) is 7.14. The molecule has 5 heteroatoms. The Bertz CT molecular complexity index is 667. The molecule has 0 N–H and O–H groups in total. The second-order valence-corrected chi connectivity index (χ2v) is 6.19. The van der Waals surface area contributed by atoms with Crippen LogP contribution in [-0.4, -0.2) is 18.7 Å². The fourth-order valence-corrected chi connectivity index (χ4v) is 2.27. The van der Waals surface area contributed by atoms with Crippen LogP contribution < -0.4 is 9.47 Å². The van der Waals surface area contributed by atoms with Crippen molar-refractivity contribution in [3.63, 3.8) is 0 Å². The summed E-state index contributed by atoms with van der Waals surface area (Å²) in [4.78, 5) is 11.7. The van der Waals surface area contributed by atoms with Crippen LogP contribution in [0.5, 0.6) is 11.5 Å². The highest BCUT2D eigenvalue weighted by molar-refractivity contribution is 6.30. The molecule has 0 saturated carbocycles. The summed E-state index contributed by atoms with van der Waals surface area (Å²) >= 11 is 5.86. The monoisotopic (exact) mass is 362 g/mol. The molecule has 0 fully saturated rings. The number of halogens is 1. The van der Waals surface area contributed by atoms with E-state index in [0.717, 1.165) is 11.3 Å². The van der Waals surface area contributed by atoms with Crippen molar-refractivity contribution in [1.29, 1.82) is 0 Å². The molecule has 2 unspecified atom stereocenters. The molecule has 25 heavy (non-hydrogen) atoms. The lowest BCUT2D eigenvalue weighted by molar-refractivity contribution is -0.150. The topological polar surface area (TPSA) is 44.8 Å². The van der Waals surface area contributed by atoms with Gasteiger partial charge in [0.1, 0.15) is 24.2 Å². The normalized spacial score (nSPS) is 13.0. The summed E-state index contributed by atoms with van der Waals surface area (Å²) in [6.45, 7) is 6.28. The van der Waals surface area contributed by atoms with Gasteiger partial charge in [0.15, 0.2) is 0 Å². The largest absolute Gasteiger partial charge is 0.490 e. The Labute approximate surface area is 153 Å². The van der Waals surface area contributed by atoms with Crippen molar-refractivity contribution in [2.45, 2.75) is 33.5 Å². The highest BCUT2D eigenvalue weighted by Gasteiger charge is 2.22. The summed E-state index contributed by atoms with van der Waals surface area (Å²) in [5.41, 5.74) is 1.04. The Morgan fingerprint density at radius 2 is 1.60 bits per heavy atom. The van der Waals surface area contributed by atoms with E-state index in [2.05, 4.69) is 0 Å². The molecule has 0 aliphatic carbocycles. The van der Waals surface area contributed by atoms with E-state index in [1.165, 1.54) is 0 Å². The summed E-state index contributed by atoms with van der Waals surface area (Å²) in [5, 5.41) is 0.705. The third-order valence-corrected chi connectivity index (χ3v) is 4.08. The van der Waals surface area contributed by atoms with Gasteiger partial charge in [-0.1, -0.05) is 23.7 Å². The number of benzene rings is 2. The van der Waals surface area contributed by atoms with E-state index in [9.17, 15) is 4.79 Å². The third kappa shape index (κ3) is 5.98. The van der Waals surface area contributed by atoms with E-state index < -0.39 is 0 Å². The van der Waals surface area contributed by atoms with Crippen molar-refractivity contribution in [3.05, 3.63) is 59.1 Å². The second-order valence-electron chi connectivity index (χ2n) is 5.75. The molecule has 0 aliphatic rings. The second kappa shape index (κ2) is 9.33. The van der Waals surface area contributed by atoms with E-state index in [1.54, 1.807) is 13.8 Å². The van der Waals surface area contributed by atoms with Gasteiger partial charge in [-0.05, 0) is 62.7 Å². The summed E-state index contributed by atoms with van der Waals surface area (Å²) < 4.78 is 16.6.